The summed E-state index contributed by atoms with van der Waals surface area (Å²) in [6.07, 6.45) is 5.38. The van der Waals surface area contributed by atoms with Gasteiger partial charge >= 0.3 is 0 Å². The molecule has 0 aromatic carbocycles. The molecule has 0 saturated carbocycles. The van der Waals surface area contributed by atoms with Gasteiger partial charge < -0.3 is 0 Å². The van der Waals surface area contributed by atoms with Crippen molar-refractivity contribution in [3.8, 4) is 0 Å². The lowest BCUT2D eigenvalue weighted by Crippen LogP contribution is -2.09. The molecular weight excluding hydrogens is 204 g/mol. The van der Waals surface area contributed by atoms with E-state index in [0.717, 1.165) is 19.3 Å². The molecule has 0 aliphatic carbocycles. The Labute approximate surface area is 86.9 Å². The van der Waals surface area contributed by atoms with E-state index in [1.54, 1.807) is 0 Å². The lowest BCUT2D eigenvalue weighted by Gasteiger charge is -2.06. The molecule has 4 heteroatoms. The number of rotatable bonds is 8. The van der Waals surface area contributed by atoms with Crippen LogP contribution in [0.15, 0.2) is 0 Å². The summed E-state index contributed by atoms with van der Waals surface area (Å²) in [4.78, 5) is 0. The zero-order chi connectivity index (χ0) is 10.2. The molecule has 0 heterocycles. The first-order chi connectivity index (χ1) is 6.12. The fourth-order valence-electron chi connectivity index (χ4n) is 1.02. The number of hydrogen-bond acceptors (Lipinski definition) is 3. The molecule has 13 heavy (non-hydrogen) atoms. The molecule has 1 atom stereocenters. The summed E-state index contributed by atoms with van der Waals surface area (Å²) in [6, 6.07) is 0. The van der Waals surface area contributed by atoms with E-state index in [0.29, 0.717) is 12.4 Å². The van der Waals surface area contributed by atoms with E-state index >= 15 is 0 Å². The summed E-state index contributed by atoms with van der Waals surface area (Å²) < 4.78 is 16.6. The Morgan fingerprint density at radius 3 is 2.38 bits per heavy atom. The lowest BCUT2D eigenvalue weighted by atomic mass is 10.2. The van der Waals surface area contributed by atoms with Crippen LogP contribution in [0, 0.1) is 0 Å². The minimum absolute atomic E-state index is 0.510. The van der Waals surface area contributed by atoms with Crippen molar-refractivity contribution in [3.05, 3.63) is 0 Å². The maximum Gasteiger partial charge on any atom is 0.144 e. The van der Waals surface area contributed by atoms with Crippen molar-refractivity contribution in [1.82, 2.24) is 0 Å². The predicted octanol–water partition coefficient (Wildman–Crippen LogP) is 2.65. The van der Waals surface area contributed by atoms with Crippen LogP contribution in [-0.2, 0) is 24.1 Å². The van der Waals surface area contributed by atoms with E-state index in [1.165, 1.54) is 12.8 Å². The van der Waals surface area contributed by atoms with E-state index in [9.17, 15) is 4.21 Å². The third kappa shape index (κ3) is 8.65. The molecule has 0 bridgehead atoms. The molecule has 0 aromatic rings. The van der Waals surface area contributed by atoms with Crippen molar-refractivity contribution >= 4 is 20.0 Å². The maximum atomic E-state index is 11.4. The highest BCUT2D eigenvalue weighted by atomic mass is 32.8. The normalized spacial score (nSPS) is 15.5. The third-order valence-corrected chi connectivity index (χ3v) is 3.94. The van der Waals surface area contributed by atoms with Crippen LogP contribution in [0.1, 0.15) is 46.0 Å². The van der Waals surface area contributed by atoms with Crippen LogP contribution in [0.2, 0.25) is 0 Å². The zero-order valence-corrected chi connectivity index (χ0v) is 10.2. The average Bonchev–Trinajstić information content (AvgIpc) is 2.04. The van der Waals surface area contributed by atoms with E-state index in [1.807, 2.05) is 6.92 Å². The molecular formula is C9H20O2S2. The molecule has 1 unspecified atom stereocenters. The van der Waals surface area contributed by atoms with Gasteiger partial charge in [-0.05, 0) is 12.8 Å². The summed E-state index contributed by atoms with van der Waals surface area (Å²) in [5, 5.41) is 0. The van der Waals surface area contributed by atoms with Crippen LogP contribution in [0.3, 0.4) is 0 Å². The van der Waals surface area contributed by atoms with E-state index in [-0.39, 0.29) is 0 Å². The summed E-state index contributed by atoms with van der Waals surface area (Å²) in [7, 11) is -2.39. The highest BCUT2D eigenvalue weighted by Crippen LogP contribution is 2.03. The van der Waals surface area contributed by atoms with Gasteiger partial charge in [0.15, 0.2) is 0 Å². The summed E-state index contributed by atoms with van der Waals surface area (Å²) in [5.41, 5.74) is 0. The largest absolute Gasteiger partial charge is 0.290 e. The topological polar surface area (TPSA) is 26.3 Å². The maximum absolute atomic E-state index is 11.4. The first-order valence-electron chi connectivity index (χ1n) is 4.99. The molecule has 0 fully saturated rings. The van der Waals surface area contributed by atoms with Crippen molar-refractivity contribution in [2.75, 3.05) is 12.4 Å². The van der Waals surface area contributed by atoms with Gasteiger partial charge in [0.05, 0.1) is 6.61 Å². The van der Waals surface area contributed by atoms with Gasteiger partial charge in [0.1, 0.15) is 8.77 Å². The van der Waals surface area contributed by atoms with Gasteiger partial charge in [0.25, 0.3) is 0 Å². The highest BCUT2D eigenvalue weighted by Gasteiger charge is 2.03. The molecule has 0 spiro atoms. The van der Waals surface area contributed by atoms with Gasteiger partial charge in [-0.3, -0.25) is 4.18 Å². The molecule has 0 amide bonds. The second kappa shape index (κ2) is 7.71. The van der Waals surface area contributed by atoms with Crippen molar-refractivity contribution in [2.45, 2.75) is 46.0 Å². The average molecular weight is 224 g/mol. The number of hydrogen-bond donors (Lipinski definition) is 0. The number of unbranched alkanes of at least 4 members (excludes halogenated alkanes) is 3. The second-order valence-electron chi connectivity index (χ2n) is 3.14. The lowest BCUT2D eigenvalue weighted by molar-refractivity contribution is 0.331. The molecule has 0 rings (SSSR count). The van der Waals surface area contributed by atoms with Crippen molar-refractivity contribution < 1.29 is 8.39 Å². The van der Waals surface area contributed by atoms with Crippen molar-refractivity contribution in [3.63, 3.8) is 0 Å². The van der Waals surface area contributed by atoms with Crippen molar-refractivity contribution in [1.29, 1.82) is 0 Å². The fourth-order valence-corrected chi connectivity index (χ4v) is 2.72. The van der Waals surface area contributed by atoms with Crippen LogP contribution in [0.4, 0.5) is 0 Å². The summed E-state index contributed by atoms with van der Waals surface area (Å²) in [6.45, 7) is 4.68. The van der Waals surface area contributed by atoms with Crippen LogP contribution in [0.25, 0.3) is 0 Å². The highest BCUT2D eigenvalue weighted by molar-refractivity contribution is 8.30. The van der Waals surface area contributed by atoms with E-state index in [4.69, 9.17) is 15.4 Å². The molecule has 0 radical (unpaired) electrons. The Morgan fingerprint density at radius 1 is 1.15 bits per heavy atom. The Kier molecular flexibility index (Phi) is 7.90. The third-order valence-electron chi connectivity index (χ3n) is 1.71. The summed E-state index contributed by atoms with van der Waals surface area (Å²) >= 11 is 4.83. The van der Waals surface area contributed by atoms with Crippen LogP contribution in [-0.4, -0.2) is 16.6 Å². The van der Waals surface area contributed by atoms with Gasteiger partial charge in [0.2, 0.25) is 0 Å². The molecule has 0 aliphatic rings. The quantitative estimate of drug-likeness (QED) is 0.593. The first-order valence-corrected chi connectivity index (χ1v) is 7.57. The van der Waals surface area contributed by atoms with Gasteiger partial charge in [-0.2, -0.15) is 0 Å². The van der Waals surface area contributed by atoms with Gasteiger partial charge in [-0.15, -0.1) is 0 Å². The molecule has 0 aliphatic heterocycles. The van der Waals surface area contributed by atoms with Crippen LogP contribution >= 0.6 is 0 Å². The fraction of sp³-hybridized carbons (Fsp3) is 1.00. The molecule has 80 valence electrons. The zero-order valence-electron chi connectivity index (χ0n) is 8.58. The first kappa shape index (κ1) is 13.3. The molecule has 0 saturated heterocycles. The standard InChI is InChI=1S/C9H20O2S2/c1-3-5-6-7-8-11-13(10,12)9-4-2/h3-9H2,1-2H3. The van der Waals surface area contributed by atoms with Gasteiger partial charge in [-0.25, -0.2) is 4.21 Å². The van der Waals surface area contributed by atoms with Crippen LogP contribution in [0.5, 0.6) is 0 Å². The van der Waals surface area contributed by atoms with Gasteiger partial charge in [-0.1, -0.05) is 33.1 Å². The Morgan fingerprint density at radius 2 is 1.85 bits per heavy atom. The Hall–Kier alpha value is 0.330. The predicted molar refractivity (Wildman–Crippen MR) is 60.8 cm³/mol. The molecule has 0 aromatic heterocycles. The second-order valence-corrected chi connectivity index (χ2v) is 6.43. The molecule has 0 N–H and O–H groups in total. The smallest absolute Gasteiger partial charge is 0.144 e. The summed E-state index contributed by atoms with van der Waals surface area (Å²) in [5.74, 6) is 0.510. The molecule has 2 nitrogen and oxygen atoms in total. The van der Waals surface area contributed by atoms with Gasteiger partial charge in [0, 0.05) is 16.9 Å². The Balaban J connectivity index is 3.41. The minimum Gasteiger partial charge on any atom is -0.290 e. The van der Waals surface area contributed by atoms with E-state index in [2.05, 4.69) is 6.92 Å². The van der Waals surface area contributed by atoms with Crippen molar-refractivity contribution in [2.24, 2.45) is 0 Å². The monoisotopic (exact) mass is 224 g/mol. The SMILES string of the molecule is CCCCCCOS(=O)(=S)CCC. The van der Waals surface area contributed by atoms with Crippen LogP contribution < -0.4 is 0 Å². The Bertz CT molecular complexity index is 198. The van der Waals surface area contributed by atoms with E-state index < -0.39 is 8.77 Å². The minimum atomic E-state index is -2.39.